The first-order valence-electron chi connectivity index (χ1n) is 6.61. The number of aromatic nitrogens is 2. The molecule has 0 saturated carbocycles. The normalized spacial score (nSPS) is 10.8. The lowest BCUT2D eigenvalue weighted by Gasteiger charge is -2.08. The Kier molecular flexibility index (Phi) is 3.75. The number of fused-ring (bicyclic) bond motifs is 1. The van der Waals surface area contributed by atoms with E-state index < -0.39 is 0 Å². The number of amides is 1. The highest BCUT2D eigenvalue weighted by molar-refractivity contribution is 9.10. The van der Waals surface area contributed by atoms with Crippen LogP contribution in [0.3, 0.4) is 0 Å². The predicted octanol–water partition coefficient (Wildman–Crippen LogP) is 3.75. The first kappa shape index (κ1) is 13.8. The molecule has 0 aliphatic heterocycles. The number of hydrogen-bond acceptors (Lipinski definition) is 2. The largest absolute Gasteiger partial charge is 0.325 e. The molecule has 0 bridgehead atoms. The van der Waals surface area contributed by atoms with Gasteiger partial charge >= 0.3 is 0 Å². The third kappa shape index (κ3) is 2.97. The standard InChI is InChI=1S/C16H14BrN3O/c1-11-18-14-4-2-3-5-15(14)20(11)10-16(21)19-13-8-6-12(17)7-9-13/h2-9H,10H2,1H3,(H,19,21). The van der Waals surface area contributed by atoms with Crippen molar-refractivity contribution in [1.29, 1.82) is 0 Å². The molecule has 0 aliphatic carbocycles. The van der Waals surface area contributed by atoms with Gasteiger partial charge in [0.1, 0.15) is 12.4 Å². The number of rotatable bonds is 3. The van der Waals surface area contributed by atoms with Gasteiger partial charge in [0.15, 0.2) is 0 Å². The maximum atomic E-state index is 12.2. The Balaban J connectivity index is 1.80. The second-order valence-electron chi connectivity index (χ2n) is 4.79. The molecule has 0 aliphatic rings. The number of imidazole rings is 1. The van der Waals surface area contributed by atoms with Crippen LogP contribution >= 0.6 is 15.9 Å². The zero-order valence-corrected chi connectivity index (χ0v) is 13.1. The maximum Gasteiger partial charge on any atom is 0.244 e. The second-order valence-corrected chi connectivity index (χ2v) is 5.70. The summed E-state index contributed by atoms with van der Waals surface area (Å²) in [5.74, 6) is 0.769. The SMILES string of the molecule is Cc1nc2ccccc2n1CC(=O)Nc1ccc(Br)cc1. The van der Waals surface area contributed by atoms with Crippen molar-refractivity contribution in [2.24, 2.45) is 0 Å². The second kappa shape index (κ2) is 5.69. The molecule has 4 nitrogen and oxygen atoms in total. The minimum atomic E-state index is -0.0661. The van der Waals surface area contributed by atoms with Gasteiger partial charge in [-0.3, -0.25) is 4.79 Å². The van der Waals surface area contributed by atoms with Gasteiger partial charge in [-0.15, -0.1) is 0 Å². The smallest absolute Gasteiger partial charge is 0.244 e. The Hall–Kier alpha value is -2.14. The molecule has 0 radical (unpaired) electrons. The molecular formula is C16H14BrN3O. The molecule has 5 heteroatoms. The number of carbonyl (C=O) groups is 1. The quantitative estimate of drug-likeness (QED) is 0.787. The van der Waals surface area contributed by atoms with E-state index in [-0.39, 0.29) is 12.5 Å². The molecule has 0 fully saturated rings. The molecule has 0 atom stereocenters. The number of benzene rings is 2. The average Bonchev–Trinajstić information content (AvgIpc) is 2.78. The monoisotopic (exact) mass is 343 g/mol. The van der Waals surface area contributed by atoms with Crippen LogP contribution in [0.25, 0.3) is 11.0 Å². The third-order valence-electron chi connectivity index (χ3n) is 3.28. The molecule has 0 saturated heterocycles. The van der Waals surface area contributed by atoms with E-state index in [2.05, 4.69) is 26.2 Å². The van der Waals surface area contributed by atoms with Crippen LogP contribution in [-0.2, 0) is 11.3 Å². The van der Waals surface area contributed by atoms with Gasteiger partial charge in [0, 0.05) is 10.2 Å². The Bertz CT molecular complexity index is 793. The summed E-state index contributed by atoms with van der Waals surface area (Å²) < 4.78 is 2.90. The zero-order valence-electron chi connectivity index (χ0n) is 11.5. The fourth-order valence-electron chi connectivity index (χ4n) is 2.27. The van der Waals surface area contributed by atoms with E-state index in [4.69, 9.17) is 0 Å². The van der Waals surface area contributed by atoms with Crippen LogP contribution < -0.4 is 5.32 Å². The highest BCUT2D eigenvalue weighted by atomic mass is 79.9. The van der Waals surface area contributed by atoms with E-state index in [9.17, 15) is 4.79 Å². The van der Waals surface area contributed by atoms with Gasteiger partial charge in [0.25, 0.3) is 0 Å². The van der Waals surface area contributed by atoms with E-state index in [1.807, 2.05) is 60.0 Å². The number of hydrogen-bond donors (Lipinski definition) is 1. The fraction of sp³-hybridized carbons (Fsp3) is 0.125. The molecule has 3 rings (SSSR count). The number of para-hydroxylation sites is 2. The summed E-state index contributed by atoms with van der Waals surface area (Å²) in [7, 11) is 0. The lowest BCUT2D eigenvalue weighted by molar-refractivity contribution is -0.116. The van der Waals surface area contributed by atoms with Crippen LogP contribution in [0.4, 0.5) is 5.69 Å². The van der Waals surface area contributed by atoms with Gasteiger partial charge in [-0.1, -0.05) is 28.1 Å². The van der Waals surface area contributed by atoms with Crippen LogP contribution in [0.2, 0.25) is 0 Å². The molecule has 1 heterocycles. The van der Waals surface area contributed by atoms with Crippen molar-refractivity contribution >= 4 is 38.6 Å². The molecule has 2 aromatic carbocycles. The molecule has 21 heavy (non-hydrogen) atoms. The van der Waals surface area contributed by atoms with Gasteiger partial charge in [-0.05, 0) is 43.3 Å². The van der Waals surface area contributed by atoms with E-state index in [0.717, 1.165) is 27.0 Å². The van der Waals surface area contributed by atoms with Gasteiger partial charge in [0.05, 0.1) is 11.0 Å². The Morgan fingerprint density at radius 1 is 1.19 bits per heavy atom. The number of carbonyl (C=O) groups excluding carboxylic acids is 1. The van der Waals surface area contributed by atoms with Gasteiger partial charge in [-0.2, -0.15) is 0 Å². The number of halogens is 1. The highest BCUT2D eigenvalue weighted by Gasteiger charge is 2.10. The topological polar surface area (TPSA) is 46.9 Å². The number of anilines is 1. The number of nitrogens with one attached hydrogen (secondary N) is 1. The predicted molar refractivity (Wildman–Crippen MR) is 87.2 cm³/mol. The number of aryl methyl sites for hydroxylation is 1. The Labute approximate surface area is 130 Å². The van der Waals surface area contributed by atoms with Gasteiger partial charge in [0.2, 0.25) is 5.91 Å². The molecule has 1 aromatic heterocycles. The average molecular weight is 344 g/mol. The van der Waals surface area contributed by atoms with Crippen molar-refractivity contribution in [3.8, 4) is 0 Å². The lowest BCUT2D eigenvalue weighted by atomic mass is 10.3. The van der Waals surface area contributed by atoms with Crippen molar-refractivity contribution < 1.29 is 4.79 Å². The van der Waals surface area contributed by atoms with Gasteiger partial charge in [-0.25, -0.2) is 4.98 Å². The molecule has 1 N–H and O–H groups in total. The highest BCUT2D eigenvalue weighted by Crippen LogP contribution is 2.17. The first-order valence-corrected chi connectivity index (χ1v) is 7.40. The van der Waals surface area contributed by atoms with Crippen LogP contribution in [0, 0.1) is 6.92 Å². The van der Waals surface area contributed by atoms with Crippen LogP contribution in [0.1, 0.15) is 5.82 Å². The van der Waals surface area contributed by atoms with Crippen molar-refractivity contribution in [2.75, 3.05) is 5.32 Å². The van der Waals surface area contributed by atoms with E-state index >= 15 is 0 Å². The summed E-state index contributed by atoms with van der Waals surface area (Å²) in [5, 5.41) is 2.89. The van der Waals surface area contributed by atoms with Crippen LogP contribution in [0.15, 0.2) is 53.0 Å². The van der Waals surface area contributed by atoms with E-state index in [1.165, 1.54) is 0 Å². The summed E-state index contributed by atoms with van der Waals surface area (Å²) in [6, 6.07) is 15.3. The lowest BCUT2D eigenvalue weighted by Crippen LogP contribution is -2.19. The summed E-state index contributed by atoms with van der Waals surface area (Å²) in [4.78, 5) is 16.7. The summed E-state index contributed by atoms with van der Waals surface area (Å²) in [6.07, 6.45) is 0. The minimum Gasteiger partial charge on any atom is -0.325 e. The Morgan fingerprint density at radius 2 is 1.90 bits per heavy atom. The fourth-order valence-corrected chi connectivity index (χ4v) is 2.54. The molecule has 3 aromatic rings. The summed E-state index contributed by atoms with van der Waals surface area (Å²) in [5.41, 5.74) is 2.66. The Morgan fingerprint density at radius 3 is 2.67 bits per heavy atom. The van der Waals surface area contributed by atoms with Gasteiger partial charge < -0.3 is 9.88 Å². The molecular weight excluding hydrogens is 330 g/mol. The molecule has 106 valence electrons. The van der Waals surface area contributed by atoms with Crippen molar-refractivity contribution in [1.82, 2.24) is 9.55 Å². The van der Waals surface area contributed by atoms with Crippen LogP contribution in [-0.4, -0.2) is 15.5 Å². The maximum absolute atomic E-state index is 12.2. The van der Waals surface area contributed by atoms with Crippen molar-refractivity contribution in [3.63, 3.8) is 0 Å². The van der Waals surface area contributed by atoms with Crippen LogP contribution in [0.5, 0.6) is 0 Å². The van der Waals surface area contributed by atoms with E-state index in [1.54, 1.807) is 0 Å². The molecule has 1 amide bonds. The first-order chi connectivity index (χ1) is 10.1. The van der Waals surface area contributed by atoms with Crippen molar-refractivity contribution in [2.45, 2.75) is 13.5 Å². The summed E-state index contributed by atoms with van der Waals surface area (Å²) in [6.45, 7) is 2.16. The zero-order chi connectivity index (χ0) is 14.8. The third-order valence-corrected chi connectivity index (χ3v) is 3.80. The number of nitrogens with zero attached hydrogens (tertiary/aromatic N) is 2. The van der Waals surface area contributed by atoms with E-state index in [0.29, 0.717) is 0 Å². The minimum absolute atomic E-state index is 0.0661. The summed E-state index contributed by atoms with van der Waals surface area (Å²) >= 11 is 3.37. The molecule has 0 unspecified atom stereocenters. The van der Waals surface area contributed by atoms with Crippen molar-refractivity contribution in [3.05, 3.63) is 58.8 Å². The molecule has 0 spiro atoms.